The van der Waals surface area contributed by atoms with E-state index >= 15 is 0 Å². The van der Waals surface area contributed by atoms with E-state index in [0.717, 1.165) is 22.4 Å². The van der Waals surface area contributed by atoms with Crippen LogP contribution in [0.4, 0.5) is 0 Å². The lowest BCUT2D eigenvalue weighted by atomic mass is 9.99. The van der Waals surface area contributed by atoms with Gasteiger partial charge in [-0.3, -0.25) is 4.79 Å². The number of nitrogens with two attached hydrogens (primary N) is 1. The number of halogens is 1. The molecular formula is C29H33ClN4O. The van der Waals surface area contributed by atoms with Crippen molar-refractivity contribution in [2.45, 2.75) is 39.8 Å². The van der Waals surface area contributed by atoms with Crippen LogP contribution in [0.25, 0.3) is 11.0 Å². The highest BCUT2D eigenvalue weighted by molar-refractivity contribution is 6.31. The molecule has 3 aromatic carbocycles. The van der Waals surface area contributed by atoms with Gasteiger partial charge < -0.3 is 15.2 Å². The first-order chi connectivity index (χ1) is 16.9. The molecule has 4 aromatic rings. The van der Waals surface area contributed by atoms with Crippen molar-refractivity contribution in [1.29, 1.82) is 0 Å². The molecule has 182 valence electrons. The molecule has 2 N–H and O–H groups in total. The van der Waals surface area contributed by atoms with Crippen molar-refractivity contribution >= 4 is 28.5 Å². The first-order valence-electron chi connectivity index (χ1n) is 12.2. The number of nitrogens with zero attached hydrogens (tertiary/aromatic N) is 3. The third-order valence-corrected chi connectivity index (χ3v) is 6.55. The largest absolute Gasteiger partial charge is 0.330 e. The number of amides is 1. The van der Waals surface area contributed by atoms with E-state index in [0.29, 0.717) is 36.6 Å². The third-order valence-electron chi connectivity index (χ3n) is 6.32. The Hall–Kier alpha value is -3.15. The van der Waals surface area contributed by atoms with Crippen LogP contribution in [-0.4, -0.2) is 33.4 Å². The van der Waals surface area contributed by atoms with Crippen LogP contribution in [0.15, 0.2) is 72.8 Å². The maximum atomic E-state index is 13.8. The number of hydrogen-bond acceptors (Lipinski definition) is 3. The molecule has 1 aromatic heterocycles. The zero-order chi connectivity index (χ0) is 24.9. The fourth-order valence-corrected chi connectivity index (χ4v) is 4.73. The molecule has 4 rings (SSSR count). The predicted octanol–water partition coefficient (Wildman–Crippen LogP) is 6.23. The summed E-state index contributed by atoms with van der Waals surface area (Å²) in [6.45, 7) is 8.03. The topological polar surface area (TPSA) is 64.2 Å². The molecule has 0 unspecified atom stereocenters. The van der Waals surface area contributed by atoms with Crippen molar-refractivity contribution in [2.24, 2.45) is 11.7 Å². The number of carbonyl (C=O) groups is 1. The summed E-state index contributed by atoms with van der Waals surface area (Å²) in [5.41, 5.74) is 10.7. The molecule has 1 atom stereocenters. The summed E-state index contributed by atoms with van der Waals surface area (Å²) in [7, 11) is 0. The van der Waals surface area contributed by atoms with E-state index in [9.17, 15) is 4.79 Å². The van der Waals surface area contributed by atoms with Crippen molar-refractivity contribution in [3.05, 3.63) is 100 Å². The van der Waals surface area contributed by atoms with Gasteiger partial charge in [-0.25, -0.2) is 4.98 Å². The highest BCUT2D eigenvalue weighted by atomic mass is 35.5. The van der Waals surface area contributed by atoms with Crippen molar-refractivity contribution < 1.29 is 4.79 Å². The van der Waals surface area contributed by atoms with Crippen LogP contribution in [0.5, 0.6) is 0 Å². The van der Waals surface area contributed by atoms with Crippen LogP contribution in [0.1, 0.15) is 53.6 Å². The molecule has 0 fully saturated rings. The molecular weight excluding hydrogens is 456 g/mol. The lowest BCUT2D eigenvalue weighted by molar-refractivity contribution is 0.0605. The van der Waals surface area contributed by atoms with Gasteiger partial charge in [0.2, 0.25) is 0 Å². The number of fused-ring (bicyclic) bond motifs is 1. The monoisotopic (exact) mass is 488 g/mol. The van der Waals surface area contributed by atoms with Crippen LogP contribution in [0, 0.1) is 12.8 Å². The van der Waals surface area contributed by atoms with Gasteiger partial charge in [-0.2, -0.15) is 0 Å². The van der Waals surface area contributed by atoms with Crippen molar-refractivity contribution in [3.8, 4) is 0 Å². The minimum atomic E-state index is -0.231. The second-order valence-corrected chi connectivity index (χ2v) is 9.81. The standard InChI is InChI=1S/C29H33ClN4O/c1-20(2)27(33(17-7-16-31)29(35)23-12-10-21(3)11-13-23)28-32-25-18-24(30)14-15-26(25)34(28)19-22-8-5-4-6-9-22/h4-6,8-15,18,20,27H,7,16-17,19,31H2,1-3H3/t27-/m1/s1. The molecule has 0 spiro atoms. The number of carbonyl (C=O) groups excluding carboxylic acids is 1. The number of aromatic nitrogens is 2. The van der Waals surface area contributed by atoms with Crippen LogP contribution in [-0.2, 0) is 6.54 Å². The molecule has 0 saturated carbocycles. The molecule has 6 heteroatoms. The molecule has 0 aliphatic carbocycles. The second-order valence-electron chi connectivity index (χ2n) is 9.37. The predicted molar refractivity (Wildman–Crippen MR) is 144 cm³/mol. The average molecular weight is 489 g/mol. The molecule has 0 radical (unpaired) electrons. The fourth-order valence-electron chi connectivity index (χ4n) is 4.57. The number of imidazole rings is 1. The van der Waals surface area contributed by atoms with Crippen molar-refractivity contribution in [3.63, 3.8) is 0 Å². The minimum absolute atomic E-state index is 0.00602. The number of rotatable bonds is 9. The van der Waals surface area contributed by atoms with E-state index < -0.39 is 0 Å². The van der Waals surface area contributed by atoms with Crippen LogP contribution >= 0.6 is 11.6 Å². The second kappa shape index (κ2) is 11.1. The first kappa shape index (κ1) is 25.0. The summed E-state index contributed by atoms with van der Waals surface area (Å²) in [5.74, 6) is 0.982. The van der Waals surface area contributed by atoms with Crippen LogP contribution < -0.4 is 5.73 Å². The normalized spacial score (nSPS) is 12.3. The van der Waals surface area contributed by atoms with E-state index in [1.54, 1.807) is 0 Å². The van der Waals surface area contributed by atoms with Crippen LogP contribution in [0.3, 0.4) is 0 Å². The first-order valence-corrected chi connectivity index (χ1v) is 12.5. The Morgan fingerprint density at radius 1 is 1.06 bits per heavy atom. The van der Waals surface area contributed by atoms with Gasteiger partial charge in [-0.05, 0) is 61.7 Å². The number of benzene rings is 3. The number of hydrogen-bond donors (Lipinski definition) is 1. The molecule has 5 nitrogen and oxygen atoms in total. The molecule has 0 aliphatic rings. The highest BCUT2D eigenvalue weighted by Gasteiger charge is 2.32. The lowest BCUT2D eigenvalue weighted by Gasteiger charge is -2.34. The summed E-state index contributed by atoms with van der Waals surface area (Å²) in [6, 6.07) is 23.6. The van der Waals surface area contributed by atoms with Crippen molar-refractivity contribution in [1.82, 2.24) is 14.5 Å². The molecule has 0 saturated heterocycles. The highest BCUT2D eigenvalue weighted by Crippen LogP contribution is 2.33. The molecule has 35 heavy (non-hydrogen) atoms. The zero-order valence-corrected chi connectivity index (χ0v) is 21.4. The molecule has 1 heterocycles. The van der Waals surface area contributed by atoms with Crippen molar-refractivity contribution in [2.75, 3.05) is 13.1 Å². The zero-order valence-electron chi connectivity index (χ0n) is 20.6. The van der Waals surface area contributed by atoms with E-state index in [2.05, 4.69) is 30.5 Å². The maximum Gasteiger partial charge on any atom is 0.254 e. The Balaban J connectivity index is 1.85. The fraction of sp³-hybridized carbons (Fsp3) is 0.310. The van der Waals surface area contributed by atoms with Crippen LogP contribution in [0.2, 0.25) is 5.02 Å². The van der Waals surface area contributed by atoms with Gasteiger partial charge in [-0.1, -0.05) is 73.5 Å². The van der Waals surface area contributed by atoms with E-state index in [1.165, 1.54) is 5.56 Å². The quantitative estimate of drug-likeness (QED) is 0.303. The lowest BCUT2D eigenvalue weighted by Crippen LogP contribution is -2.40. The van der Waals surface area contributed by atoms with Gasteiger partial charge in [0.25, 0.3) is 5.91 Å². The van der Waals surface area contributed by atoms with Gasteiger partial charge in [0, 0.05) is 23.7 Å². The van der Waals surface area contributed by atoms with Gasteiger partial charge in [-0.15, -0.1) is 0 Å². The summed E-state index contributed by atoms with van der Waals surface area (Å²) >= 11 is 6.33. The summed E-state index contributed by atoms with van der Waals surface area (Å²) < 4.78 is 2.23. The number of aryl methyl sites for hydroxylation is 1. The van der Waals surface area contributed by atoms with Gasteiger partial charge in [0.1, 0.15) is 5.82 Å². The van der Waals surface area contributed by atoms with Gasteiger partial charge in [0.05, 0.1) is 17.1 Å². The van der Waals surface area contributed by atoms with E-state index in [-0.39, 0.29) is 17.9 Å². The van der Waals surface area contributed by atoms with E-state index in [1.807, 2.05) is 72.5 Å². The molecule has 0 bridgehead atoms. The Morgan fingerprint density at radius 2 is 1.77 bits per heavy atom. The summed E-state index contributed by atoms with van der Waals surface area (Å²) in [6.07, 6.45) is 0.714. The van der Waals surface area contributed by atoms with E-state index in [4.69, 9.17) is 22.3 Å². The Bertz CT molecular complexity index is 1280. The molecule has 1 amide bonds. The summed E-state index contributed by atoms with van der Waals surface area (Å²) in [4.78, 5) is 20.9. The van der Waals surface area contributed by atoms with Gasteiger partial charge in [0.15, 0.2) is 0 Å². The third kappa shape index (κ3) is 5.58. The molecule has 0 aliphatic heterocycles. The Kier molecular flexibility index (Phi) is 7.89. The van der Waals surface area contributed by atoms with Gasteiger partial charge >= 0.3 is 0 Å². The average Bonchev–Trinajstić information content (AvgIpc) is 3.18. The maximum absolute atomic E-state index is 13.8. The Morgan fingerprint density at radius 3 is 2.43 bits per heavy atom. The smallest absolute Gasteiger partial charge is 0.254 e. The minimum Gasteiger partial charge on any atom is -0.330 e. The summed E-state index contributed by atoms with van der Waals surface area (Å²) in [5, 5.41) is 0.644. The SMILES string of the molecule is Cc1ccc(C(=O)N(CCCN)[C@@H](c2nc3cc(Cl)ccc3n2Cc2ccccc2)C(C)C)cc1. The Labute approximate surface area is 212 Å².